The number of nitrogens with one attached hydrogen (secondary N) is 2. The highest BCUT2D eigenvalue weighted by molar-refractivity contribution is 6.31. The number of hydrogen-bond acceptors (Lipinski definition) is 4. The molecule has 0 aliphatic heterocycles. The number of amides is 1. The SMILES string of the molecule is Cn1nc(-c2cnc3[nH]cc(C(=O)NCC4CC4)c3n2)c2cc(Cl)ccc21. The fourth-order valence-electron chi connectivity index (χ4n) is 3.26. The van der Waals surface area contributed by atoms with E-state index in [0.717, 1.165) is 10.9 Å². The van der Waals surface area contributed by atoms with E-state index >= 15 is 0 Å². The number of hydrogen-bond donors (Lipinski definition) is 2. The first-order valence-corrected chi connectivity index (χ1v) is 9.23. The number of aromatic nitrogens is 5. The molecule has 0 radical (unpaired) electrons. The van der Waals surface area contributed by atoms with Crippen molar-refractivity contribution in [2.24, 2.45) is 13.0 Å². The monoisotopic (exact) mass is 380 g/mol. The van der Waals surface area contributed by atoms with Crippen molar-refractivity contribution in [3.8, 4) is 11.4 Å². The van der Waals surface area contributed by atoms with Crippen LogP contribution in [0.2, 0.25) is 5.02 Å². The smallest absolute Gasteiger partial charge is 0.255 e. The molecule has 0 spiro atoms. The summed E-state index contributed by atoms with van der Waals surface area (Å²) in [6.45, 7) is 0.710. The maximum atomic E-state index is 12.5. The molecule has 0 bridgehead atoms. The molecule has 136 valence electrons. The zero-order chi connectivity index (χ0) is 18.5. The average Bonchev–Trinajstić information content (AvgIpc) is 3.31. The molecule has 1 aliphatic carbocycles. The van der Waals surface area contributed by atoms with Gasteiger partial charge >= 0.3 is 0 Å². The van der Waals surface area contributed by atoms with Crippen LogP contribution in [0.25, 0.3) is 33.5 Å². The Balaban J connectivity index is 1.59. The third-order valence-corrected chi connectivity index (χ3v) is 5.16. The summed E-state index contributed by atoms with van der Waals surface area (Å²) in [5.74, 6) is 0.485. The molecule has 1 fully saturated rings. The van der Waals surface area contributed by atoms with Crippen LogP contribution in [0.3, 0.4) is 0 Å². The second kappa shape index (κ2) is 6.06. The van der Waals surface area contributed by atoms with Crippen LogP contribution in [0.1, 0.15) is 23.2 Å². The van der Waals surface area contributed by atoms with Gasteiger partial charge in [0.2, 0.25) is 0 Å². The van der Waals surface area contributed by atoms with E-state index in [1.54, 1.807) is 17.1 Å². The average molecular weight is 381 g/mol. The van der Waals surface area contributed by atoms with Crippen LogP contribution in [-0.4, -0.2) is 37.2 Å². The molecule has 1 aromatic carbocycles. The molecule has 0 atom stereocenters. The topological polar surface area (TPSA) is 88.5 Å². The number of aromatic amines is 1. The van der Waals surface area contributed by atoms with Crippen molar-refractivity contribution in [1.29, 1.82) is 0 Å². The van der Waals surface area contributed by atoms with Gasteiger partial charge in [-0.1, -0.05) is 11.6 Å². The van der Waals surface area contributed by atoms with Crippen LogP contribution in [-0.2, 0) is 7.05 Å². The highest BCUT2D eigenvalue weighted by atomic mass is 35.5. The molecule has 0 unspecified atom stereocenters. The minimum absolute atomic E-state index is 0.131. The summed E-state index contributed by atoms with van der Waals surface area (Å²) in [5.41, 5.74) is 3.86. The van der Waals surface area contributed by atoms with Crippen molar-refractivity contribution >= 4 is 39.6 Å². The zero-order valence-corrected chi connectivity index (χ0v) is 15.4. The van der Waals surface area contributed by atoms with Crippen molar-refractivity contribution < 1.29 is 4.79 Å². The van der Waals surface area contributed by atoms with Gasteiger partial charge in [-0.15, -0.1) is 0 Å². The Morgan fingerprint density at radius 2 is 2.26 bits per heavy atom. The van der Waals surface area contributed by atoms with Crippen molar-refractivity contribution in [2.45, 2.75) is 12.8 Å². The molecule has 0 saturated heterocycles. The summed E-state index contributed by atoms with van der Waals surface area (Å²) in [6.07, 6.45) is 5.69. The van der Waals surface area contributed by atoms with Crippen LogP contribution >= 0.6 is 11.6 Å². The Kier molecular flexibility index (Phi) is 3.65. The Bertz CT molecular complexity index is 1190. The molecule has 1 amide bonds. The molecule has 27 heavy (non-hydrogen) atoms. The van der Waals surface area contributed by atoms with E-state index in [4.69, 9.17) is 11.6 Å². The van der Waals surface area contributed by atoms with Gasteiger partial charge in [0.25, 0.3) is 5.91 Å². The third kappa shape index (κ3) is 2.84. The number of rotatable bonds is 4. The first-order chi connectivity index (χ1) is 13.1. The first kappa shape index (κ1) is 16.3. The Morgan fingerprint density at radius 3 is 3.07 bits per heavy atom. The molecular formula is C19H17ClN6O. The molecule has 7 nitrogen and oxygen atoms in total. The molecular weight excluding hydrogens is 364 g/mol. The number of H-pyrrole nitrogens is 1. The van der Waals surface area contributed by atoms with Gasteiger partial charge in [-0.2, -0.15) is 5.10 Å². The minimum atomic E-state index is -0.131. The second-order valence-corrected chi connectivity index (χ2v) is 7.38. The van der Waals surface area contributed by atoms with E-state index in [9.17, 15) is 4.79 Å². The van der Waals surface area contributed by atoms with E-state index in [2.05, 4.69) is 25.4 Å². The number of aryl methyl sites for hydroxylation is 1. The van der Waals surface area contributed by atoms with E-state index in [1.165, 1.54) is 12.8 Å². The van der Waals surface area contributed by atoms with Gasteiger partial charge < -0.3 is 10.3 Å². The second-order valence-electron chi connectivity index (χ2n) is 6.94. The van der Waals surface area contributed by atoms with Gasteiger partial charge in [0.1, 0.15) is 16.9 Å². The number of nitrogens with zero attached hydrogens (tertiary/aromatic N) is 4. The predicted octanol–water partition coefficient (Wildman–Crippen LogP) is 3.30. The largest absolute Gasteiger partial charge is 0.352 e. The number of halogens is 1. The minimum Gasteiger partial charge on any atom is -0.352 e. The molecule has 1 saturated carbocycles. The number of carbonyl (C=O) groups is 1. The molecule has 3 aromatic heterocycles. The summed E-state index contributed by atoms with van der Waals surface area (Å²) in [6, 6.07) is 5.62. The fraction of sp³-hybridized carbons (Fsp3) is 0.263. The van der Waals surface area contributed by atoms with Crippen molar-refractivity contribution in [3.63, 3.8) is 0 Å². The molecule has 3 heterocycles. The molecule has 8 heteroatoms. The molecule has 5 rings (SSSR count). The highest BCUT2D eigenvalue weighted by Crippen LogP contribution is 2.30. The first-order valence-electron chi connectivity index (χ1n) is 8.85. The van der Waals surface area contributed by atoms with Crippen molar-refractivity contribution in [1.82, 2.24) is 30.0 Å². The van der Waals surface area contributed by atoms with E-state index in [-0.39, 0.29) is 5.91 Å². The van der Waals surface area contributed by atoms with E-state index < -0.39 is 0 Å². The van der Waals surface area contributed by atoms with Gasteiger partial charge in [0.15, 0.2) is 5.65 Å². The van der Waals surface area contributed by atoms with Crippen LogP contribution in [0.4, 0.5) is 0 Å². The quantitative estimate of drug-likeness (QED) is 0.568. The van der Waals surface area contributed by atoms with Crippen LogP contribution in [0.15, 0.2) is 30.6 Å². The maximum Gasteiger partial charge on any atom is 0.255 e. The van der Waals surface area contributed by atoms with Crippen LogP contribution < -0.4 is 5.32 Å². The number of carbonyl (C=O) groups excluding carboxylic acids is 1. The van der Waals surface area contributed by atoms with Gasteiger partial charge in [-0.05, 0) is 37.0 Å². The summed E-state index contributed by atoms with van der Waals surface area (Å²) in [7, 11) is 1.87. The third-order valence-electron chi connectivity index (χ3n) is 4.93. The Hall–Kier alpha value is -2.93. The van der Waals surface area contributed by atoms with Gasteiger partial charge in [0, 0.05) is 30.2 Å². The summed E-state index contributed by atoms with van der Waals surface area (Å²) >= 11 is 6.17. The summed E-state index contributed by atoms with van der Waals surface area (Å²) < 4.78 is 1.78. The van der Waals surface area contributed by atoms with Gasteiger partial charge in [-0.25, -0.2) is 9.97 Å². The zero-order valence-electron chi connectivity index (χ0n) is 14.7. The predicted molar refractivity (Wildman–Crippen MR) is 104 cm³/mol. The number of benzene rings is 1. The lowest BCUT2D eigenvalue weighted by Gasteiger charge is -2.03. The lowest BCUT2D eigenvalue weighted by molar-refractivity contribution is 0.0953. The highest BCUT2D eigenvalue weighted by Gasteiger charge is 2.23. The normalized spacial score (nSPS) is 14.1. The molecule has 4 aromatic rings. The summed E-state index contributed by atoms with van der Waals surface area (Å²) in [5, 5.41) is 9.08. The van der Waals surface area contributed by atoms with Crippen molar-refractivity contribution in [3.05, 3.63) is 41.2 Å². The van der Waals surface area contributed by atoms with Gasteiger partial charge in [0.05, 0.1) is 17.3 Å². The van der Waals surface area contributed by atoms with Gasteiger partial charge in [-0.3, -0.25) is 9.48 Å². The van der Waals surface area contributed by atoms with Crippen LogP contribution in [0, 0.1) is 5.92 Å². The number of fused-ring (bicyclic) bond motifs is 2. The summed E-state index contributed by atoms with van der Waals surface area (Å²) in [4.78, 5) is 24.7. The lowest BCUT2D eigenvalue weighted by Crippen LogP contribution is -2.25. The maximum absolute atomic E-state index is 12.5. The standard InChI is InChI=1S/C19H17ClN6O/c1-26-15-5-4-11(20)6-12(15)16(25-26)14-9-22-18-17(24-14)13(8-21-18)19(27)23-7-10-2-3-10/h4-6,8-10H,2-3,7H2,1H3,(H,21,22)(H,23,27). The van der Waals surface area contributed by atoms with E-state index in [1.807, 2.05) is 25.2 Å². The Morgan fingerprint density at radius 1 is 1.41 bits per heavy atom. The molecule has 2 N–H and O–H groups in total. The fourth-order valence-corrected chi connectivity index (χ4v) is 3.43. The molecule has 1 aliphatic rings. The lowest BCUT2D eigenvalue weighted by atomic mass is 10.1. The van der Waals surface area contributed by atoms with E-state index in [0.29, 0.717) is 45.6 Å². The Labute approximate surface area is 159 Å². The van der Waals surface area contributed by atoms with Crippen molar-refractivity contribution in [2.75, 3.05) is 6.54 Å². The van der Waals surface area contributed by atoms with Crippen LogP contribution in [0.5, 0.6) is 0 Å².